The van der Waals surface area contributed by atoms with E-state index < -0.39 is 0 Å². The Morgan fingerprint density at radius 3 is 2.75 bits per heavy atom. The first-order chi connectivity index (χ1) is 11.7. The lowest BCUT2D eigenvalue weighted by Crippen LogP contribution is -2.41. The molecule has 2 aromatic heterocycles. The van der Waals surface area contributed by atoms with Gasteiger partial charge in [-0.05, 0) is 57.7 Å². The van der Waals surface area contributed by atoms with Crippen LogP contribution >= 0.6 is 11.3 Å². The third kappa shape index (κ3) is 2.27. The van der Waals surface area contributed by atoms with Gasteiger partial charge < -0.3 is 10.0 Å². The number of fused-ring (bicyclic) bond motifs is 3. The van der Waals surface area contributed by atoms with Crippen LogP contribution in [0.2, 0.25) is 0 Å². The summed E-state index contributed by atoms with van der Waals surface area (Å²) in [6.45, 7) is 5.82. The van der Waals surface area contributed by atoms with Crippen molar-refractivity contribution in [3.63, 3.8) is 0 Å². The zero-order valence-electron chi connectivity index (χ0n) is 14.2. The first-order valence-corrected chi connectivity index (χ1v) is 9.98. The first-order valence-electron chi connectivity index (χ1n) is 9.16. The van der Waals surface area contributed by atoms with E-state index in [9.17, 15) is 5.11 Å². The largest absolute Gasteiger partial charge is 0.390 e. The molecular weight excluding hydrogens is 320 g/mol. The number of nitrogens with zero attached hydrogens (tertiary/aromatic N) is 4. The van der Waals surface area contributed by atoms with Crippen molar-refractivity contribution in [1.82, 2.24) is 14.9 Å². The molecule has 0 saturated carbocycles. The van der Waals surface area contributed by atoms with Gasteiger partial charge in [0.05, 0.1) is 17.5 Å². The van der Waals surface area contributed by atoms with Crippen LogP contribution in [0.1, 0.15) is 35.5 Å². The minimum absolute atomic E-state index is 0.254. The average molecular weight is 344 g/mol. The Hall–Kier alpha value is -1.24. The zero-order chi connectivity index (χ0) is 16.3. The fourth-order valence-electron chi connectivity index (χ4n) is 4.68. The molecule has 5 rings (SSSR count). The van der Waals surface area contributed by atoms with Crippen molar-refractivity contribution in [2.24, 2.45) is 0 Å². The highest BCUT2D eigenvalue weighted by atomic mass is 32.1. The van der Waals surface area contributed by atoms with E-state index in [0.29, 0.717) is 6.54 Å². The number of aryl methyl sites for hydroxylation is 3. The highest BCUT2D eigenvalue weighted by Crippen LogP contribution is 2.41. The van der Waals surface area contributed by atoms with Gasteiger partial charge in [-0.3, -0.25) is 4.90 Å². The van der Waals surface area contributed by atoms with Crippen LogP contribution in [-0.2, 0) is 12.8 Å². The number of β-amino-alcohol motifs (C(OH)–C–C–N with tert-alkyl or cyclic N) is 1. The normalized spacial score (nSPS) is 27.5. The van der Waals surface area contributed by atoms with Gasteiger partial charge in [0.2, 0.25) is 0 Å². The molecule has 0 amide bonds. The number of aliphatic hydroxyl groups excluding tert-OH is 1. The van der Waals surface area contributed by atoms with Crippen molar-refractivity contribution in [3.05, 3.63) is 16.3 Å². The molecule has 2 atom stereocenters. The van der Waals surface area contributed by atoms with Crippen molar-refractivity contribution < 1.29 is 5.11 Å². The number of thiophene rings is 1. The van der Waals surface area contributed by atoms with Crippen LogP contribution in [0.15, 0.2) is 0 Å². The second kappa shape index (κ2) is 5.64. The van der Waals surface area contributed by atoms with Crippen molar-refractivity contribution in [2.45, 2.75) is 51.2 Å². The average Bonchev–Trinajstić information content (AvgIpc) is 3.28. The summed E-state index contributed by atoms with van der Waals surface area (Å²) >= 11 is 1.85. The molecule has 5 nitrogen and oxygen atoms in total. The zero-order valence-corrected chi connectivity index (χ0v) is 15.0. The van der Waals surface area contributed by atoms with Gasteiger partial charge in [0, 0.05) is 18.0 Å². The minimum atomic E-state index is -0.278. The summed E-state index contributed by atoms with van der Waals surface area (Å²) in [5, 5.41) is 11.9. The SMILES string of the molecule is Cc1nc(N2C[C@H](O)[C@@H](N3CCCC3)C2)c2c3c(sc2n1)CCC3. The van der Waals surface area contributed by atoms with Gasteiger partial charge in [-0.25, -0.2) is 9.97 Å². The lowest BCUT2D eigenvalue weighted by atomic mass is 10.2. The molecule has 0 bridgehead atoms. The van der Waals surface area contributed by atoms with Gasteiger partial charge in [0.15, 0.2) is 0 Å². The van der Waals surface area contributed by atoms with Gasteiger partial charge in [-0.1, -0.05) is 0 Å². The second-order valence-corrected chi connectivity index (χ2v) is 8.50. The van der Waals surface area contributed by atoms with E-state index in [-0.39, 0.29) is 12.1 Å². The third-order valence-electron chi connectivity index (χ3n) is 5.83. The molecule has 0 spiro atoms. The van der Waals surface area contributed by atoms with Crippen LogP contribution in [0.4, 0.5) is 5.82 Å². The molecule has 128 valence electrons. The molecule has 2 saturated heterocycles. The Kier molecular flexibility index (Phi) is 3.54. The smallest absolute Gasteiger partial charge is 0.141 e. The molecule has 1 N–H and O–H groups in total. The van der Waals surface area contributed by atoms with E-state index in [2.05, 4.69) is 9.80 Å². The predicted molar refractivity (Wildman–Crippen MR) is 97.0 cm³/mol. The molecule has 6 heteroatoms. The van der Waals surface area contributed by atoms with Crippen LogP contribution in [0.25, 0.3) is 10.2 Å². The van der Waals surface area contributed by atoms with E-state index in [1.165, 1.54) is 41.5 Å². The van der Waals surface area contributed by atoms with E-state index in [1.807, 2.05) is 18.3 Å². The Morgan fingerprint density at radius 1 is 1.08 bits per heavy atom. The maximum Gasteiger partial charge on any atom is 0.141 e. The number of hydrogen-bond donors (Lipinski definition) is 1. The molecule has 0 unspecified atom stereocenters. The number of hydrogen-bond acceptors (Lipinski definition) is 6. The summed E-state index contributed by atoms with van der Waals surface area (Å²) in [5.74, 6) is 1.91. The van der Waals surface area contributed by atoms with Gasteiger partial charge in [0.1, 0.15) is 16.5 Å². The van der Waals surface area contributed by atoms with Crippen molar-refractivity contribution >= 4 is 27.4 Å². The van der Waals surface area contributed by atoms with Gasteiger partial charge in [-0.2, -0.15) is 0 Å². The van der Waals surface area contributed by atoms with Gasteiger partial charge >= 0.3 is 0 Å². The number of anilines is 1. The number of likely N-dealkylation sites (tertiary alicyclic amines) is 1. The van der Waals surface area contributed by atoms with Crippen LogP contribution in [0.3, 0.4) is 0 Å². The highest BCUT2D eigenvalue weighted by molar-refractivity contribution is 7.19. The lowest BCUT2D eigenvalue weighted by molar-refractivity contribution is 0.0986. The number of rotatable bonds is 2. The quantitative estimate of drug-likeness (QED) is 0.904. The molecule has 0 aromatic carbocycles. The fourth-order valence-corrected chi connectivity index (χ4v) is 5.99. The van der Waals surface area contributed by atoms with E-state index in [4.69, 9.17) is 9.97 Å². The summed E-state index contributed by atoms with van der Waals surface area (Å²) in [6, 6.07) is 0.254. The second-order valence-electron chi connectivity index (χ2n) is 7.41. The molecule has 2 fully saturated rings. The van der Waals surface area contributed by atoms with Gasteiger partial charge in [0.25, 0.3) is 0 Å². The summed E-state index contributed by atoms with van der Waals surface area (Å²) in [6.07, 6.45) is 5.84. The highest BCUT2D eigenvalue weighted by Gasteiger charge is 2.38. The fraction of sp³-hybridized carbons (Fsp3) is 0.667. The summed E-state index contributed by atoms with van der Waals surface area (Å²) in [7, 11) is 0. The lowest BCUT2D eigenvalue weighted by Gasteiger charge is -2.25. The Balaban J connectivity index is 1.54. The summed E-state index contributed by atoms with van der Waals surface area (Å²) < 4.78 is 0. The van der Waals surface area contributed by atoms with Gasteiger partial charge in [-0.15, -0.1) is 11.3 Å². The maximum atomic E-state index is 10.6. The standard InChI is InChI=1S/C18H24N4OS/c1-11-19-17(16-12-5-4-6-15(12)24-18(16)20-11)22-9-13(14(23)10-22)21-7-2-3-8-21/h13-14,23H,2-10H2,1H3/t13-,14-/m0/s1. The summed E-state index contributed by atoms with van der Waals surface area (Å²) in [4.78, 5) is 16.9. The van der Waals surface area contributed by atoms with Crippen LogP contribution < -0.4 is 4.90 Å². The minimum Gasteiger partial charge on any atom is -0.390 e. The monoisotopic (exact) mass is 344 g/mol. The first kappa shape index (κ1) is 15.0. The van der Waals surface area contributed by atoms with Crippen molar-refractivity contribution in [1.29, 1.82) is 0 Å². The van der Waals surface area contributed by atoms with Crippen molar-refractivity contribution in [2.75, 3.05) is 31.1 Å². The van der Waals surface area contributed by atoms with E-state index in [1.54, 1.807) is 0 Å². The van der Waals surface area contributed by atoms with E-state index >= 15 is 0 Å². The Bertz CT molecular complexity index is 783. The van der Waals surface area contributed by atoms with Crippen LogP contribution in [0.5, 0.6) is 0 Å². The third-order valence-corrected chi connectivity index (χ3v) is 7.01. The molecule has 2 aliphatic heterocycles. The molecule has 3 aliphatic rings. The molecular formula is C18H24N4OS. The van der Waals surface area contributed by atoms with Crippen molar-refractivity contribution in [3.8, 4) is 0 Å². The Labute approximate surface area is 146 Å². The Morgan fingerprint density at radius 2 is 1.92 bits per heavy atom. The number of aliphatic hydroxyl groups is 1. The maximum absolute atomic E-state index is 10.6. The molecule has 24 heavy (non-hydrogen) atoms. The molecule has 1 aliphatic carbocycles. The van der Waals surface area contributed by atoms with Crippen LogP contribution in [-0.4, -0.2) is 58.3 Å². The number of aromatic nitrogens is 2. The molecule has 0 radical (unpaired) electrons. The van der Waals surface area contributed by atoms with E-state index in [0.717, 1.165) is 42.5 Å². The predicted octanol–water partition coefficient (Wildman–Crippen LogP) is 2.13. The topological polar surface area (TPSA) is 52.5 Å². The molecule has 4 heterocycles. The molecule has 2 aromatic rings. The van der Waals surface area contributed by atoms with Crippen LogP contribution in [0, 0.1) is 6.92 Å². The summed E-state index contributed by atoms with van der Waals surface area (Å²) in [5.41, 5.74) is 1.48.